The molecule has 0 aliphatic carbocycles. The van der Waals surface area contributed by atoms with Crippen LogP contribution in [0.2, 0.25) is 0 Å². The van der Waals surface area contributed by atoms with Crippen LogP contribution in [0.4, 0.5) is 5.69 Å². The van der Waals surface area contributed by atoms with Crippen molar-refractivity contribution in [3.8, 4) is 11.8 Å². The maximum atomic E-state index is 12.9. The monoisotopic (exact) mass is 372 g/mol. The van der Waals surface area contributed by atoms with E-state index in [0.717, 1.165) is 5.69 Å². The van der Waals surface area contributed by atoms with Gasteiger partial charge in [0.25, 0.3) is 5.56 Å². The Morgan fingerprint density at radius 3 is 2.54 bits per heavy atom. The van der Waals surface area contributed by atoms with Gasteiger partial charge in [0.1, 0.15) is 11.8 Å². The van der Waals surface area contributed by atoms with Crippen LogP contribution in [-0.2, 0) is 16.6 Å². The van der Waals surface area contributed by atoms with Crippen molar-refractivity contribution in [2.75, 3.05) is 18.2 Å². The molecule has 0 fully saturated rings. The van der Waals surface area contributed by atoms with E-state index in [1.54, 1.807) is 31.8 Å². The van der Waals surface area contributed by atoms with Crippen molar-refractivity contribution in [2.45, 2.75) is 13.8 Å². The number of benzene rings is 1. The lowest BCUT2D eigenvalue weighted by Gasteiger charge is -2.09. The normalized spacial score (nSPS) is 11.5. The van der Waals surface area contributed by atoms with Crippen molar-refractivity contribution in [1.82, 2.24) is 9.36 Å². The third kappa shape index (κ3) is 3.68. The molecule has 1 N–H and O–H groups in total. The number of aromatic nitrogens is 2. The van der Waals surface area contributed by atoms with Crippen LogP contribution >= 0.6 is 11.8 Å². The Kier molecular flexibility index (Phi) is 6.31. The third-order valence-corrected chi connectivity index (χ3v) is 4.53. The SMILES string of the molecule is CCOC(=O)/C(C#N)=C(/Nc1c(C)n(C)n(-c2ccccc2)c1=O)SC. The highest BCUT2D eigenvalue weighted by Crippen LogP contribution is 2.22. The van der Waals surface area contributed by atoms with Gasteiger partial charge in [0, 0.05) is 7.05 Å². The maximum Gasteiger partial charge on any atom is 0.351 e. The van der Waals surface area contributed by atoms with Gasteiger partial charge in [-0.25, -0.2) is 9.48 Å². The second-order valence-electron chi connectivity index (χ2n) is 5.30. The Bertz CT molecular complexity index is 936. The van der Waals surface area contributed by atoms with Crippen LogP contribution in [0.1, 0.15) is 12.6 Å². The van der Waals surface area contributed by atoms with Crippen molar-refractivity contribution >= 4 is 23.4 Å². The highest BCUT2D eigenvalue weighted by atomic mass is 32.2. The molecular formula is C18H20N4O3S. The standard InChI is InChI=1S/C18H20N4O3S/c1-5-25-18(24)14(11-19)16(26-4)20-15-12(2)21(3)22(17(15)23)13-9-7-6-8-10-13/h6-10,20H,5H2,1-4H3/b16-14-. The van der Waals surface area contributed by atoms with Crippen LogP contribution in [-0.4, -0.2) is 28.2 Å². The molecule has 0 aliphatic heterocycles. The Balaban J connectivity index is 2.55. The molecule has 0 spiro atoms. The number of nitrogens with one attached hydrogen (secondary N) is 1. The number of hydrogen-bond donors (Lipinski definition) is 1. The van der Waals surface area contributed by atoms with Crippen molar-refractivity contribution in [2.24, 2.45) is 7.05 Å². The number of carbonyl (C=O) groups excluding carboxylic acids is 1. The molecule has 136 valence electrons. The minimum atomic E-state index is -0.719. The molecule has 0 saturated heterocycles. The van der Waals surface area contributed by atoms with Gasteiger partial charge in [0.2, 0.25) is 0 Å². The molecule has 0 unspecified atom stereocenters. The second-order valence-corrected chi connectivity index (χ2v) is 6.12. The summed E-state index contributed by atoms with van der Waals surface area (Å²) in [5.41, 5.74) is 1.26. The number of rotatable bonds is 6. The molecule has 8 heteroatoms. The Labute approximate surface area is 155 Å². The molecule has 26 heavy (non-hydrogen) atoms. The maximum absolute atomic E-state index is 12.9. The summed E-state index contributed by atoms with van der Waals surface area (Å²) in [6, 6.07) is 11.1. The van der Waals surface area contributed by atoms with Crippen LogP contribution < -0.4 is 10.9 Å². The van der Waals surface area contributed by atoms with Gasteiger partial charge in [-0.3, -0.25) is 9.48 Å². The minimum absolute atomic E-state index is 0.159. The quantitative estimate of drug-likeness (QED) is 0.476. The summed E-state index contributed by atoms with van der Waals surface area (Å²) in [5, 5.41) is 12.6. The summed E-state index contributed by atoms with van der Waals surface area (Å²) in [7, 11) is 1.77. The van der Waals surface area contributed by atoms with Crippen molar-refractivity contribution in [1.29, 1.82) is 5.26 Å². The van der Waals surface area contributed by atoms with E-state index in [9.17, 15) is 14.9 Å². The molecule has 7 nitrogen and oxygen atoms in total. The molecule has 0 bridgehead atoms. The number of esters is 1. The van der Waals surface area contributed by atoms with Gasteiger partial charge in [-0.2, -0.15) is 5.26 Å². The molecule has 0 aliphatic rings. The van der Waals surface area contributed by atoms with Gasteiger partial charge in [-0.1, -0.05) is 18.2 Å². The Morgan fingerprint density at radius 1 is 1.35 bits per heavy atom. The zero-order chi connectivity index (χ0) is 19.3. The zero-order valence-electron chi connectivity index (χ0n) is 15.1. The van der Waals surface area contributed by atoms with E-state index in [2.05, 4.69) is 5.32 Å². The van der Waals surface area contributed by atoms with E-state index in [-0.39, 0.29) is 22.8 Å². The Hall–Kier alpha value is -2.92. The average molecular weight is 372 g/mol. The number of nitriles is 1. The van der Waals surface area contributed by atoms with E-state index >= 15 is 0 Å². The predicted octanol–water partition coefficient (Wildman–Crippen LogP) is 2.56. The van der Waals surface area contributed by atoms with Crippen molar-refractivity contribution in [3.05, 3.63) is 57.0 Å². The van der Waals surface area contributed by atoms with Crippen molar-refractivity contribution in [3.63, 3.8) is 0 Å². The van der Waals surface area contributed by atoms with E-state index in [1.165, 1.54) is 16.4 Å². The van der Waals surface area contributed by atoms with Crippen LogP contribution in [0.5, 0.6) is 0 Å². The van der Waals surface area contributed by atoms with Gasteiger partial charge in [-0.15, -0.1) is 11.8 Å². The second kappa shape index (κ2) is 8.45. The number of hydrogen-bond acceptors (Lipinski definition) is 6. The topological polar surface area (TPSA) is 89.1 Å². The van der Waals surface area contributed by atoms with Gasteiger partial charge in [-0.05, 0) is 32.2 Å². The molecule has 1 aromatic carbocycles. The largest absolute Gasteiger partial charge is 0.462 e. The van der Waals surface area contributed by atoms with Crippen molar-refractivity contribution < 1.29 is 9.53 Å². The minimum Gasteiger partial charge on any atom is -0.462 e. The summed E-state index contributed by atoms with van der Waals surface area (Å²) in [4.78, 5) is 24.9. The number of carbonyl (C=O) groups is 1. The predicted molar refractivity (Wildman–Crippen MR) is 102 cm³/mol. The lowest BCUT2D eigenvalue weighted by atomic mass is 10.3. The summed E-state index contributed by atoms with van der Waals surface area (Å²) in [6.07, 6.45) is 1.72. The van der Waals surface area contributed by atoms with Crippen LogP contribution in [0.25, 0.3) is 5.69 Å². The van der Waals surface area contributed by atoms with Crippen LogP contribution in [0.15, 0.2) is 45.7 Å². The Morgan fingerprint density at radius 2 is 2.00 bits per heavy atom. The number of para-hydroxylation sites is 1. The smallest absolute Gasteiger partial charge is 0.351 e. The molecule has 1 heterocycles. The molecule has 0 amide bonds. The number of nitrogens with zero attached hydrogens (tertiary/aromatic N) is 3. The molecule has 2 aromatic rings. The molecule has 0 radical (unpaired) electrons. The van der Waals surface area contributed by atoms with E-state index < -0.39 is 5.97 Å². The lowest BCUT2D eigenvalue weighted by Crippen LogP contribution is -2.21. The summed E-state index contributed by atoms with van der Waals surface area (Å²) in [5.74, 6) is -0.719. The molecule has 0 atom stereocenters. The highest BCUT2D eigenvalue weighted by molar-refractivity contribution is 8.02. The van der Waals surface area contributed by atoms with Crippen LogP contribution in [0.3, 0.4) is 0 Å². The number of ether oxygens (including phenoxy) is 1. The first kappa shape index (κ1) is 19.4. The highest BCUT2D eigenvalue weighted by Gasteiger charge is 2.21. The van der Waals surface area contributed by atoms with Gasteiger partial charge in [0.15, 0.2) is 5.57 Å². The molecule has 0 saturated carbocycles. The van der Waals surface area contributed by atoms with Crippen LogP contribution in [0, 0.1) is 18.3 Å². The molecular weight excluding hydrogens is 352 g/mol. The number of anilines is 1. The van der Waals surface area contributed by atoms with Gasteiger partial charge in [0.05, 0.1) is 23.0 Å². The van der Waals surface area contributed by atoms with E-state index in [4.69, 9.17) is 4.74 Å². The fourth-order valence-corrected chi connectivity index (χ4v) is 2.97. The van der Waals surface area contributed by atoms with E-state index in [1.807, 2.05) is 36.4 Å². The lowest BCUT2D eigenvalue weighted by molar-refractivity contribution is -0.138. The molecule has 1 aromatic heterocycles. The zero-order valence-corrected chi connectivity index (χ0v) is 15.9. The first-order valence-electron chi connectivity index (χ1n) is 7.92. The van der Waals surface area contributed by atoms with E-state index in [0.29, 0.717) is 11.4 Å². The fraction of sp³-hybridized carbons (Fsp3) is 0.278. The van der Waals surface area contributed by atoms with Gasteiger partial charge < -0.3 is 10.1 Å². The van der Waals surface area contributed by atoms with Gasteiger partial charge >= 0.3 is 5.97 Å². The summed E-state index contributed by atoms with van der Waals surface area (Å²) < 4.78 is 8.15. The summed E-state index contributed by atoms with van der Waals surface area (Å²) >= 11 is 1.17. The first-order valence-corrected chi connectivity index (χ1v) is 9.15. The third-order valence-electron chi connectivity index (χ3n) is 3.82. The molecule has 2 rings (SSSR count). The average Bonchev–Trinajstić information content (AvgIpc) is 2.85. The first-order chi connectivity index (χ1) is 12.5. The number of thioether (sulfide) groups is 1. The summed E-state index contributed by atoms with van der Waals surface area (Å²) in [6.45, 7) is 3.62. The fourth-order valence-electron chi connectivity index (χ4n) is 2.43.